The smallest absolute Gasteiger partial charge is 0.198 e. The number of fused-ring (bicyclic) bond motifs is 10. The van der Waals surface area contributed by atoms with Crippen LogP contribution in [0.25, 0.3) is 92.2 Å². The Hall–Kier alpha value is -6.82. The maximum Gasteiger partial charge on any atom is 0.198 e. The van der Waals surface area contributed by atoms with Crippen LogP contribution in [-0.4, -0.2) is 11.8 Å². The van der Waals surface area contributed by atoms with Crippen molar-refractivity contribution >= 4 is 93.7 Å². The maximum atomic E-state index is 7.03. The number of furan rings is 1. The lowest BCUT2D eigenvalue weighted by atomic mass is 9.58. The summed E-state index contributed by atoms with van der Waals surface area (Å²) in [6.45, 7) is 16.6. The lowest BCUT2D eigenvalue weighted by Gasteiger charge is -2.42. The number of thiophene rings is 1. The maximum absolute atomic E-state index is 7.03. The van der Waals surface area contributed by atoms with Crippen LogP contribution in [-0.2, 0) is 16.2 Å². The lowest BCUT2D eigenvalue weighted by molar-refractivity contribution is 0.332. The van der Waals surface area contributed by atoms with Crippen molar-refractivity contribution in [3.05, 3.63) is 174 Å². The molecule has 5 heteroatoms. The zero-order valence-electron chi connectivity index (χ0n) is 39.4. The van der Waals surface area contributed by atoms with Crippen LogP contribution in [0.5, 0.6) is 0 Å². The summed E-state index contributed by atoms with van der Waals surface area (Å²) < 4.78 is 12.3. The van der Waals surface area contributed by atoms with E-state index >= 15 is 0 Å². The molecule has 11 aromatic rings. The Labute approximate surface area is 397 Å². The van der Waals surface area contributed by atoms with Crippen molar-refractivity contribution in [3.63, 3.8) is 0 Å². The number of nitrogens with one attached hydrogen (secondary N) is 1. The summed E-state index contributed by atoms with van der Waals surface area (Å²) in [5.74, 6) is 1.82. The van der Waals surface area contributed by atoms with E-state index in [2.05, 4.69) is 216 Å². The van der Waals surface area contributed by atoms with E-state index in [1.165, 1.54) is 86.4 Å². The molecule has 8 aromatic carbocycles. The second-order valence-corrected chi connectivity index (χ2v) is 22.7. The molecule has 0 radical (unpaired) electrons. The molecule has 0 bridgehead atoms. The van der Waals surface area contributed by atoms with E-state index in [-0.39, 0.29) is 16.2 Å². The number of benzene rings is 8. The van der Waals surface area contributed by atoms with E-state index in [1.807, 2.05) is 11.3 Å². The van der Waals surface area contributed by atoms with Crippen molar-refractivity contribution in [2.75, 3.05) is 5.32 Å². The Morgan fingerprint density at radius 2 is 1.21 bits per heavy atom. The van der Waals surface area contributed by atoms with Crippen LogP contribution >= 0.6 is 11.3 Å². The van der Waals surface area contributed by atoms with Crippen molar-refractivity contribution in [1.29, 1.82) is 0 Å². The summed E-state index contributed by atoms with van der Waals surface area (Å²) in [5.41, 5.74) is 17.8. The standard InChI is InChI=1S/C62H53BN2OS/c1-60(2,3)38-22-24-39(25-23-38)64-51-34-49-48(61(4,5)28-29-62(49,6)7)31-43(51)41-26-27-42-44-30-45-40-20-14-15-21-54(40)67-55(45)35-52(44)65-53-33-47-46(32-50(53)63-56(41)57(42)65)58(36-16-10-8-11-17-36)66-59(47)37-18-12-9-13-19-37/h8-27,30-35,63-64H,28-29H2,1-7H3. The van der Waals surface area contributed by atoms with E-state index in [9.17, 15) is 0 Å². The van der Waals surface area contributed by atoms with Crippen molar-refractivity contribution in [3.8, 4) is 39.5 Å². The molecule has 0 atom stereocenters. The minimum atomic E-state index is 0.0427. The monoisotopic (exact) mass is 884 g/mol. The number of rotatable bonds is 5. The lowest BCUT2D eigenvalue weighted by Crippen LogP contribution is -2.37. The molecule has 0 amide bonds. The van der Waals surface area contributed by atoms with E-state index in [0.717, 1.165) is 64.9 Å². The Bertz CT molecular complexity index is 3820. The Morgan fingerprint density at radius 1 is 0.567 bits per heavy atom. The van der Waals surface area contributed by atoms with Crippen LogP contribution in [0.3, 0.4) is 0 Å². The molecule has 0 unspecified atom stereocenters. The SMILES string of the molecule is CC(C)(C)c1ccc(Nc2cc3c(cc2-c2ccc4c5cc6c(cc5n5c4c2Bc2cc4c(-c7ccccc7)oc(-c7ccccc7)c4cc2-5)sc2ccccc26)C(C)(C)CCC3(C)C)cc1. The number of aromatic nitrogens is 1. The molecular weight excluding hydrogens is 832 g/mol. The summed E-state index contributed by atoms with van der Waals surface area (Å²) in [7, 11) is 0.789. The summed E-state index contributed by atoms with van der Waals surface area (Å²) >= 11 is 1.89. The third kappa shape index (κ3) is 6.24. The second-order valence-electron chi connectivity index (χ2n) is 21.6. The molecular formula is C62H53BN2OS. The predicted molar refractivity (Wildman–Crippen MR) is 290 cm³/mol. The highest BCUT2D eigenvalue weighted by Gasteiger charge is 2.39. The van der Waals surface area contributed by atoms with Gasteiger partial charge in [-0.2, -0.15) is 0 Å². The molecule has 0 saturated carbocycles. The quantitative estimate of drug-likeness (QED) is 0.175. The summed E-state index contributed by atoms with van der Waals surface area (Å²) in [4.78, 5) is 0. The fourth-order valence-corrected chi connectivity index (χ4v) is 12.7. The van der Waals surface area contributed by atoms with E-state index in [1.54, 1.807) is 0 Å². The average Bonchev–Trinajstić information content (AvgIpc) is 3.99. The van der Waals surface area contributed by atoms with Crippen molar-refractivity contribution in [2.45, 2.75) is 77.6 Å². The zero-order valence-corrected chi connectivity index (χ0v) is 40.2. The molecule has 67 heavy (non-hydrogen) atoms. The first-order valence-electron chi connectivity index (χ1n) is 24.0. The van der Waals surface area contributed by atoms with Crippen LogP contribution in [0.4, 0.5) is 11.4 Å². The van der Waals surface area contributed by atoms with Crippen LogP contribution in [0.15, 0.2) is 162 Å². The largest absolute Gasteiger partial charge is 0.455 e. The third-order valence-corrected chi connectivity index (χ3v) is 16.6. The third-order valence-electron chi connectivity index (χ3n) is 15.4. The molecule has 1 aliphatic heterocycles. The topological polar surface area (TPSA) is 30.1 Å². The van der Waals surface area contributed by atoms with Gasteiger partial charge in [0.2, 0.25) is 0 Å². The molecule has 1 N–H and O–H groups in total. The van der Waals surface area contributed by atoms with Crippen LogP contribution in [0.1, 0.15) is 78.0 Å². The van der Waals surface area contributed by atoms with Crippen molar-refractivity contribution in [1.82, 2.24) is 4.57 Å². The van der Waals surface area contributed by atoms with Gasteiger partial charge in [0.15, 0.2) is 7.28 Å². The molecule has 4 heterocycles. The minimum absolute atomic E-state index is 0.0427. The van der Waals surface area contributed by atoms with Crippen molar-refractivity contribution in [2.24, 2.45) is 0 Å². The summed E-state index contributed by atoms with van der Waals surface area (Å²) in [6, 6.07) is 59.0. The Kier molecular flexibility index (Phi) is 8.66. The zero-order chi connectivity index (χ0) is 45.6. The molecule has 3 aromatic heterocycles. The molecule has 13 rings (SSSR count). The molecule has 2 aliphatic rings. The highest BCUT2D eigenvalue weighted by Crippen LogP contribution is 2.50. The number of anilines is 2. The van der Waals surface area contributed by atoms with Gasteiger partial charge in [-0.25, -0.2) is 0 Å². The fraction of sp³-hybridized carbons (Fsp3) is 0.194. The Morgan fingerprint density at radius 3 is 1.90 bits per heavy atom. The van der Waals surface area contributed by atoms with Crippen LogP contribution in [0, 0.1) is 0 Å². The normalized spacial score (nSPS) is 15.0. The van der Waals surface area contributed by atoms with E-state index < -0.39 is 0 Å². The van der Waals surface area contributed by atoms with Gasteiger partial charge in [0, 0.05) is 81.0 Å². The van der Waals surface area contributed by atoms with E-state index in [4.69, 9.17) is 4.42 Å². The summed E-state index contributed by atoms with van der Waals surface area (Å²) in [5, 5.41) is 11.5. The summed E-state index contributed by atoms with van der Waals surface area (Å²) in [6.07, 6.45) is 2.31. The highest BCUT2D eigenvalue weighted by molar-refractivity contribution is 7.25. The molecule has 326 valence electrons. The first-order valence-corrected chi connectivity index (χ1v) is 24.8. The molecule has 3 nitrogen and oxygen atoms in total. The number of nitrogens with zero attached hydrogens (tertiary/aromatic N) is 1. The van der Waals surface area contributed by atoms with Gasteiger partial charge in [0.25, 0.3) is 0 Å². The predicted octanol–water partition coefficient (Wildman–Crippen LogP) is 16.0. The number of hydrogen-bond acceptors (Lipinski definition) is 3. The molecule has 0 spiro atoms. The van der Waals surface area contributed by atoms with Crippen LogP contribution < -0.4 is 16.2 Å². The first kappa shape index (κ1) is 40.5. The Balaban J connectivity index is 1.12. The van der Waals surface area contributed by atoms with Crippen molar-refractivity contribution < 1.29 is 4.42 Å². The average molecular weight is 885 g/mol. The van der Waals surface area contributed by atoms with Crippen LogP contribution in [0.2, 0.25) is 0 Å². The van der Waals surface area contributed by atoms with Gasteiger partial charge in [-0.3, -0.25) is 0 Å². The molecule has 0 saturated heterocycles. The second kappa shape index (κ2) is 14.3. The highest BCUT2D eigenvalue weighted by atomic mass is 32.1. The fourth-order valence-electron chi connectivity index (χ4n) is 11.6. The van der Waals surface area contributed by atoms with Gasteiger partial charge in [-0.15, -0.1) is 11.3 Å². The van der Waals surface area contributed by atoms with Gasteiger partial charge >= 0.3 is 0 Å². The molecule has 1 aliphatic carbocycles. The first-order chi connectivity index (χ1) is 32.3. The van der Waals surface area contributed by atoms with Gasteiger partial charge < -0.3 is 14.3 Å². The van der Waals surface area contributed by atoms with Gasteiger partial charge in [-0.1, -0.05) is 163 Å². The van der Waals surface area contributed by atoms with Gasteiger partial charge in [0.05, 0.1) is 5.52 Å². The van der Waals surface area contributed by atoms with Gasteiger partial charge in [0.1, 0.15) is 11.5 Å². The van der Waals surface area contributed by atoms with Gasteiger partial charge in [-0.05, 0) is 105 Å². The van der Waals surface area contributed by atoms with E-state index in [0.29, 0.717) is 0 Å². The molecule has 0 fully saturated rings. The minimum Gasteiger partial charge on any atom is -0.455 e. The number of hydrogen-bond donors (Lipinski definition) is 1.